The first-order chi connectivity index (χ1) is 15.1. The largest absolute Gasteiger partial charge is 0.497 e. The van der Waals surface area contributed by atoms with Gasteiger partial charge in [0, 0.05) is 26.9 Å². The van der Waals surface area contributed by atoms with E-state index < -0.39 is 6.04 Å². The Morgan fingerprint density at radius 2 is 1.74 bits per heavy atom. The Labute approximate surface area is 186 Å². The van der Waals surface area contributed by atoms with E-state index in [2.05, 4.69) is 26.1 Å². The Balaban J connectivity index is 1.71. The van der Waals surface area contributed by atoms with Crippen molar-refractivity contribution in [1.29, 1.82) is 0 Å². The second-order valence-electron chi connectivity index (χ2n) is 7.17. The highest BCUT2D eigenvalue weighted by molar-refractivity contribution is 9.10. The number of hydrogen-bond acceptors (Lipinski definition) is 3. The maximum atomic E-state index is 15.0. The highest BCUT2D eigenvalue weighted by atomic mass is 79.9. The van der Waals surface area contributed by atoms with Gasteiger partial charge >= 0.3 is 0 Å². The van der Waals surface area contributed by atoms with Crippen LogP contribution in [0, 0.1) is 5.82 Å². The smallest absolute Gasteiger partial charge is 0.277 e. The van der Waals surface area contributed by atoms with Gasteiger partial charge in [-0.3, -0.25) is 14.8 Å². The lowest BCUT2D eigenvalue weighted by Gasteiger charge is -2.26. The zero-order valence-electron chi connectivity index (χ0n) is 16.5. The summed E-state index contributed by atoms with van der Waals surface area (Å²) in [6.07, 6.45) is 0. The average Bonchev–Trinajstić information content (AvgIpc) is 3.34. The van der Waals surface area contributed by atoms with Crippen LogP contribution >= 0.6 is 15.9 Å². The number of rotatable bonds is 4. The van der Waals surface area contributed by atoms with Gasteiger partial charge in [-0.1, -0.05) is 34.1 Å². The summed E-state index contributed by atoms with van der Waals surface area (Å²) in [6.45, 7) is 0. The Kier molecular flexibility index (Phi) is 4.82. The minimum atomic E-state index is -0.652. The van der Waals surface area contributed by atoms with Crippen LogP contribution in [0.4, 0.5) is 10.1 Å². The number of methoxy groups -OCH3 is 1. The fourth-order valence-corrected chi connectivity index (χ4v) is 4.24. The van der Waals surface area contributed by atoms with E-state index in [4.69, 9.17) is 4.74 Å². The number of amides is 1. The molecule has 31 heavy (non-hydrogen) atoms. The molecule has 0 fully saturated rings. The molecule has 0 saturated carbocycles. The molecular formula is C24H17BrFN3O2. The van der Waals surface area contributed by atoms with Crippen LogP contribution in [-0.4, -0.2) is 23.2 Å². The van der Waals surface area contributed by atoms with Crippen LogP contribution in [0.5, 0.6) is 5.75 Å². The third-order valence-corrected chi connectivity index (χ3v) is 5.96. The van der Waals surface area contributed by atoms with Crippen LogP contribution in [0.1, 0.15) is 27.7 Å². The minimum Gasteiger partial charge on any atom is -0.497 e. The molecule has 7 heteroatoms. The summed E-state index contributed by atoms with van der Waals surface area (Å²) in [4.78, 5) is 15.0. The van der Waals surface area contributed by atoms with Crippen LogP contribution in [0.15, 0.2) is 77.3 Å². The van der Waals surface area contributed by atoms with Gasteiger partial charge in [-0.15, -0.1) is 0 Å². The van der Waals surface area contributed by atoms with Crippen molar-refractivity contribution in [2.75, 3.05) is 12.0 Å². The number of carbonyl (C=O) groups excluding carboxylic acids is 1. The number of carbonyl (C=O) groups is 1. The van der Waals surface area contributed by atoms with Crippen molar-refractivity contribution in [2.45, 2.75) is 6.04 Å². The molecule has 0 spiro atoms. The van der Waals surface area contributed by atoms with Crippen LogP contribution in [0.2, 0.25) is 0 Å². The Bertz CT molecular complexity index is 1270. The molecule has 1 amide bonds. The maximum absolute atomic E-state index is 15.0. The number of fused-ring (bicyclic) bond motifs is 1. The van der Waals surface area contributed by atoms with E-state index >= 15 is 0 Å². The molecular weight excluding hydrogens is 461 g/mol. The Morgan fingerprint density at radius 3 is 2.42 bits per heavy atom. The predicted octanol–water partition coefficient (Wildman–Crippen LogP) is 5.74. The van der Waals surface area contributed by atoms with Crippen molar-refractivity contribution in [2.24, 2.45) is 0 Å². The SMILES string of the molecule is COc1ccc(-c2n[nH]c3c2[C@H](c2ccccc2F)N(c2ccc(Br)cc2)C3=O)cc1. The van der Waals surface area contributed by atoms with Crippen LogP contribution in [0.3, 0.4) is 0 Å². The lowest BCUT2D eigenvalue weighted by atomic mass is 9.95. The number of nitrogens with zero attached hydrogens (tertiary/aromatic N) is 2. The molecule has 1 aliphatic heterocycles. The summed E-state index contributed by atoms with van der Waals surface area (Å²) >= 11 is 3.43. The fraction of sp³-hybridized carbons (Fsp3) is 0.0833. The zero-order chi connectivity index (χ0) is 21.5. The van der Waals surface area contributed by atoms with E-state index in [1.807, 2.05) is 48.5 Å². The van der Waals surface area contributed by atoms with E-state index in [0.717, 1.165) is 10.0 Å². The average molecular weight is 478 g/mol. The first-order valence-electron chi connectivity index (χ1n) is 9.64. The summed E-state index contributed by atoms with van der Waals surface area (Å²) in [6, 6.07) is 20.7. The molecule has 0 bridgehead atoms. The summed E-state index contributed by atoms with van der Waals surface area (Å²) in [5.74, 6) is 0.0872. The number of aromatic amines is 1. The second kappa shape index (κ2) is 7.67. The Morgan fingerprint density at radius 1 is 1.03 bits per heavy atom. The number of aromatic nitrogens is 2. The number of benzene rings is 3. The molecule has 5 nitrogen and oxygen atoms in total. The van der Waals surface area contributed by atoms with Gasteiger partial charge in [0.1, 0.15) is 17.3 Å². The van der Waals surface area contributed by atoms with Gasteiger partial charge in [-0.05, 0) is 54.6 Å². The van der Waals surface area contributed by atoms with E-state index in [9.17, 15) is 9.18 Å². The number of anilines is 1. The fourth-order valence-electron chi connectivity index (χ4n) is 3.98. The summed E-state index contributed by atoms with van der Waals surface area (Å²) in [7, 11) is 1.60. The quantitative estimate of drug-likeness (QED) is 0.407. The normalized spacial score (nSPS) is 15.3. The van der Waals surface area contributed by atoms with Gasteiger partial charge in [0.2, 0.25) is 0 Å². The van der Waals surface area contributed by atoms with Crippen molar-refractivity contribution >= 4 is 27.5 Å². The van der Waals surface area contributed by atoms with Gasteiger partial charge in [0.05, 0.1) is 18.8 Å². The van der Waals surface area contributed by atoms with Gasteiger partial charge in [-0.25, -0.2) is 4.39 Å². The number of hydrogen-bond donors (Lipinski definition) is 1. The highest BCUT2D eigenvalue weighted by Crippen LogP contribution is 2.45. The summed E-state index contributed by atoms with van der Waals surface area (Å²) in [5.41, 5.74) is 3.52. The monoisotopic (exact) mass is 477 g/mol. The number of nitrogens with one attached hydrogen (secondary N) is 1. The van der Waals surface area contributed by atoms with E-state index in [1.165, 1.54) is 6.07 Å². The van der Waals surface area contributed by atoms with Crippen LogP contribution in [-0.2, 0) is 0 Å². The van der Waals surface area contributed by atoms with Crippen molar-refractivity contribution in [1.82, 2.24) is 10.2 Å². The van der Waals surface area contributed by atoms with Gasteiger partial charge in [0.25, 0.3) is 5.91 Å². The first kappa shape index (κ1) is 19.5. The molecule has 0 saturated heterocycles. The highest BCUT2D eigenvalue weighted by Gasteiger charge is 2.44. The second-order valence-corrected chi connectivity index (χ2v) is 8.08. The van der Waals surface area contributed by atoms with Crippen molar-refractivity contribution in [3.05, 3.63) is 99.9 Å². The van der Waals surface area contributed by atoms with E-state index in [-0.39, 0.29) is 11.7 Å². The molecule has 1 atom stereocenters. The molecule has 1 aromatic heterocycles. The van der Waals surface area contributed by atoms with Gasteiger partial charge < -0.3 is 4.74 Å². The van der Waals surface area contributed by atoms with Crippen molar-refractivity contribution in [3.63, 3.8) is 0 Å². The molecule has 0 radical (unpaired) electrons. The van der Waals surface area contributed by atoms with Gasteiger partial charge in [-0.2, -0.15) is 5.10 Å². The number of halogens is 2. The van der Waals surface area contributed by atoms with Crippen molar-refractivity contribution < 1.29 is 13.9 Å². The lowest BCUT2D eigenvalue weighted by Crippen LogP contribution is -2.29. The number of ether oxygens (including phenoxy) is 1. The number of H-pyrrole nitrogens is 1. The minimum absolute atomic E-state index is 0.252. The van der Waals surface area contributed by atoms with E-state index in [0.29, 0.717) is 34.0 Å². The van der Waals surface area contributed by atoms with E-state index in [1.54, 1.807) is 30.2 Å². The summed E-state index contributed by atoms with van der Waals surface area (Å²) in [5, 5.41) is 7.31. The molecule has 4 aromatic rings. The molecule has 1 N–H and O–H groups in total. The molecule has 5 rings (SSSR count). The molecule has 0 aliphatic carbocycles. The lowest BCUT2D eigenvalue weighted by molar-refractivity contribution is 0.0988. The topological polar surface area (TPSA) is 58.2 Å². The van der Waals surface area contributed by atoms with Crippen LogP contribution < -0.4 is 9.64 Å². The van der Waals surface area contributed by atoms with Crippen LogP contribution in [0.25, 0.3) is 11.3 Å². The van der Waals surface area contributed by atoms with Crippen molar-refractivity contribution in [3.8, 4) is 17.0 Å². The molecule has 0 unspecified atom stereocenters. The zero-order valence-corrected chi connectivity index (χ0v) is 18.1. The predicted molar refractivity (Wildman–Crippen MR) is 120 cm³/mol. The first-order valence-corrected chi connectivity index (χ1v) is 10.4. The molecule has 2 heterocycles. The standard InChI is InChI=1S/C24H17BrFN3O2/c1-31-17-12-6-14(7-13-17)21-20-22(28-27-21)24(30)29(16-10-8-15(25)9-11-16)23(20)18-4-2-3-5-19(18)26/h2-13,23H,1H3,(H,27,28)/t23-/m0/s1. The molecule has 3 aromatic carbocycles. The van der Waals surface area contributed by atoms with Gasteiger partial charge in [0.15, 0.2) is 0 Å². The Hall–Kier alpha value is -3.45. The third kappa shape index (κ3) is 3.21. The molecule has 1 aliphatic rings. The third-order valence-electron chi connectivity index (χ3n) is 5.44. The maximum Gasteiger partial charge on any atom is 0.277 e. The summed E-state index contributed by atoms with van der Waals surface area (Å²) < 4.78 is 21.1. The molecule has 154 valence electrons.